The van der Waals surface area contributed by atoms with Crippen LogP contribution in [0, 0.1) is 16.7 Å². The number of esters is 1. The molecule has 0 aliphatic rings. The number of phenolic OH excluding ortho intramolecular Hbond substituents is 1. The van der Waals surface area contributed by atoms with Crippen molar-refractivity contribution in [2.24, 2.45) is 16.7 Å². The number of carbonyl (C=O) groups excluding carboxylic acids is 1. The van der Waals surface area contributed by atoms with Crippen molar-refractivity contribution < 1.29 is 14.6 Å². The second kappa shape index (κ2) is 5.86. The number of rotatable bonds is 4. The molecule has 1 aromatic carbocycles. The van der Waals surface area contributed by atoms with E-state index in [9.17, 15) is 9.90 Å². The average Bonchev–Trinajstić information content (AvgIpc) is 2.29. The van der Waals surface area contributed by atoms with Crippen molar-refractivity contribution in [3.63, 3.8) is 0 Å². The molecule has 0 aromatic heterocycles. The van der Waals surface area contributed by atoms with Gasteiger partial charge in [-0.2, -0.15) is 0 Å². The Labute approximate surface area is 122 Å². The highest BCUT2D eigenvalue weighted by molar-refractivity contribution is 5.79. The molecule has 0 radical (unpaired) electrons. The zero-order chi connectivity index (χ0) is 15.6. The second-order valence-electron chi connectivity index (χ2n) is 7.19. The zero-order valence-corrected chi connectivity index (χ0v) is 13.4. The van der Waals surface area contributed by atoms with E-state index in [-0.39, 0.29) is 23.1 Å². The number of carbonyl (C=O) groups is 1. The topological polar surface area (TPSA) is 46.5 Å². The smallest absolute Gasteiger partial charge is 0.317 e. The van der Waals surface area contributed by atoms with Gasteiger partial charge in [0.05, 0.1) is 5.41 Å². The van der Waals surface area contributed by atoms with Gasteiger partial charge in [-0.1, -0.05) is 34.6 Å². The summed E-state index contributed by atoms with van der Waals surface area (Å²) in [4.78, 5) is 12.6. The highest BCUT2D eigenvalue weighted by Crippen LogP contribution is 2.40. The molecule has 1 rings (SSSR count). The van der Waals surface area contributed by atoms with Crippen LogP contribution >= 0.6 is 0 Å². The molecule has 0 aliphatic carbocycles. The number of benzene rings is 1. The maximum absolute atomic E-state index is 12.6. The Morgan fingerprint density at radius 1 is 1.15 bits per heavy atom. The first kappa shape index (κ1) is 16.5. The summed E-state index contributed by atoms with van der Waals surface area (Å²) in [6.07, 6.45) is 0.759. The van der Waals surface area contributed by atoms with Crippen molar-refractivity contribution in [1.82, 2.24) is 0 Å². The van der Waals surface area contributed by atoms with Gasteiger partial charge in [-0.15, -0.1) is 0 Å². The summed E-state index contributed by atoms with van der Waals surface area (Å²) in [5.41, 5.74) is -0.483. The first-order valence-corrected chi connectivity index (χ1v) is 7.06. The Morgan fingerprint density at radius 2 is 1.65 bits per heavy atom. The summed E-state index contributed by atoms with van der Waals surface area (Å²) < 4.78 is 5.49. The van der Waals surface area contributed by atoms with Gasteiger partial charge in [-0.05, 0) is 48.9 Å². The third-order valence-corrected chi connectivity index (χ3v) is 3.69. The van der Waals surface area contributed by atoms with Crippen molar-refractivity contribution in [2.75, 3.05) is 0 Å². The lowest BCUT2D eigenvalue weighted by atomic mass is 9.69. The predicted molar refractivity (Wildman–Crippen MR) is 80.8 cm³/mol. The van der Waals surface area contributed by atoms with Gasteiger partial charge in [0, 0.05) is 0 Å². The molecule has 0 amide bonds. The molecule has 1 unspecified atom stereocenters. The lowest BCUT2D eigenvalue weighted by Gasteiger charge is -2.36. The molecule has 1 N–H and O–H groups in total. The van der Waals surface area contributed by atoms with E-state index in [2.05, 4.69) is 20.8 Å². The van der Waals surface area contributed by atoms with Crippen LogP contribution in [-0.4, -0.2) is 11.1 Å². The number of hydrogen-bond acceptors (Lipinski definition) is 3. The first-order valence-electron chi connectivity index (χ1n) is 7.06. The molecule has 1 atom stereocenters. The van der Waals surface area contributed by atoms with Gasteiger partial charge in [0.2, 0.25) is 0 Å². The van der Waals surface area contributed by atoms with Crippen LogP contribution in [0.15, 0.2) is 24.3 Å². The fraction of sp³-hybridized carbons (Fsp3) is 0.588. The van der Waals surface area contributed by atoms with E-state index < -0.39 is 5.41 Å². The van der Waals surface area contributed by atoms with E-state index in [0.29, 0.717) is 5.75 Å². The Hall–Kier alpha value is -1.51. The summed E-state index contributed by atoms with van der Waals surface area (Å²) >= 11 is 0. The minimum absolute atomic E-state index is 0.0486. The van der Waals surface area contributed by atoms with E-state index in [0.717, 1.165) is 6.42 Å². The fourth-order valence-electron chi connectivity index (χ4n) is 2.35. The molecular formula is C17H26O3. The van der Waals surface area contributed by atoms with Crippen molar-refractivity contribution >= 4 is 5.97 Å². The minimum Gasteiger partial charge on any atom is -0.508 e. The molecular weight excluding hydrogens is 252 g/mol. The molecule has 0 spiro atoms. The van der Waals surface area contributed by atoms with Gasteiger partial charge in [0.25, 0.3) is 0 Å². The van der Waals surface area contributed by atoms with Crippen LogP contribution < -0.4 is 4.74 Å². The predicted octanol–water partition coefficient (Wildman–Crippen LogP) is 4.40. The summed E-state index contributed by atoms with van der Waals surface area (Å²) in [7, 11) is 0. The normalized spacial score (nSPS) is 14.9. The quantitative estimate of drug-likeness (QED) is 0.656. The lowest BCUT2D eigenvalue weighted by Crippen LogP contribution is -2.40. The van der Waals surface area contributed by atoms with Gasteiger partial charge >= 0.3 is 5.97 Å². The lowest BCUT2D eigenvalue weighted by molar-refractivity contribution is -0.149. The van der Waals surface area contributed by atoms with E-state index in [1.165, 1.54) is 12.1 Å². The van der Waals surface area contributed by atoms with Crippen molar-refractivity contribution in [3.05, 3.63) is 24.3 Å². The van der Waals surface area contributed by atoms with Crippen LogP contribution in [0.5, 0.6) is 11.5 Å². The molecule has 0 saturated heterocycles. The fourth-order valence-corrected chi connectivity index (χ4v) is 2.35. The van der Waals surface area contributed by atoms with E-state index >= 15 is 0 Å². The highest BCUT2D eigenvalue weighted by Gasteiger charge is 2.41. The van der Waals surface area contributed by atoms with Gasteiger partial charge in [-0.3, -0.25) is 4.79 Å². The number of ether oxygens (including phenoxy) is 1. The molecule has 0 fully saturated rings. The Bertz CT molecular complexity index is 454. The van der Waals surface area contributed by atoms with E-state index in [1.807, 2.05) is 20.8 Å². The molecule has 3 nitrogen and oxygen atoms in total. The van der Waals surface area contributed by atoms with E-state index in [4.69, 9.17) is 4.74 Å². The molecule has 1 aromatic rings. The third-order valence-electron chi connectivity index (χ3n) is 3.69. The molecule has 0 aliphatic heterocycles. The number of aromatic hydroxyl groups is 1. The number of hydrogen-bond donors (Lipinski definition) is 1. The SMILES string of the molecule is CC(C)C(C)(CC(C)(C)C)C(=O)Oc1ccc(O)cc1. The van der Waals surface area contributed by atoms with Crippen LogP contribution in [0.4, 0.5) is 0 Å². The summed E-state index contributed by atoms with van der Waals surface area (Å²) in [5.74, 6) is 0.596. The molecule has 3 heteroatoms. The Kier molecular flexibility index (Phi) is 4.85. The first-order chi connectivity index (χ1) is 9.04. The zero-order valence-electron chi connectivity index (χ0n) is 13.4. The van der Waals surface area contributed by atoms with Crippen molar-refractivity contribution in [2.45, 2.75) is 48.0 Å². The standard InChI is InChI=1S/C17H26O3/c1-12(2)17(6,11-16(3,4)5)15(19)20-14-9-7-13(18)8-10-14/h7-10,12,18H,11H2,1-6H3. The summed E-state index contributed by atoms with van der Waals surface area (Å²) in [5, 5.41) is 9.25. The molecule has 0 saturated carbocycles. The van der Waals surface area contributed by atoms with Crippen molar-refractivity contribution in [1.29, 1.82) is 0 Å². The van der Waals surface area contributed by atoms with Crippen LogP contribution in [0.1, 0.15) is 48.0 Å². The molecule has 112 valence electrons. The summed E-state index contributed by atoms with van der Waals surface area (Å²) in [6, 6.07) is 6.23. The Balaban J connectivity index is 2.92. The van der Waals surface area contributed by atoms with Gasteiger partial charge < -0.3 is 9.84 Å². The highest BCUT2D eigenvalue weighted by atomic mass is 16.5. The monoisotopic (exact) mass is 278 g/mol. The largest absolute Gasteiger partial charge is 0.508 e. The third kappa shape index (κ3) is 4.26. The minimum atomic E-state index is -0.532. The van der Waals surface area contributed by atoms with Gasteiger partial charge in [0.1, 0.15) is 11.5 Å². The van der Waals surface area contributed by atoms with E-state index in [1.54, 1.807) is 12.1 Å². The molecule has 0 bridgehead atoms. The number of phenols is 1. The maximum Gasteiger partial charge on any atom is 0.317 e. The van der Waals surface area contributed by atoms with Gasteiger partial charge in [-0.25, -0.2) is 0 Å². The average molecular weight is 278 g/mol. The van der Waals surface area contributed by atoms with Crippen LogP contribution in [0.25, 0.3) is 0 Å². The van der Waals surface area contributed by atoms with Gasteiger partial charge in [0.15, 0.2) is 0 Å². The van der Waals surface area contributed by atoms with Crippen LogP contribution in [0.3, 0.4) is 0 Å². The molecule has 0 heterocycles. The Morgan fingerprint density at radius 3 is 2.05 bits per heavy atom. The summed E-state index contributed by atoms with van der Waals surface area (Å²) in [6.45, 7) is 12.4. The van der Waals surface area contributed by atoms with Crippen LogP contribution in [-0.2, 0) is 4.79 Å². The van der Waals surface area contributed by atoms with Crippen molar-refractivity contribution in [3.8, 4) is 11.5 Å². The molecule has 20 heavy (non-hydrogen) atoms. The maximum atomic E-state index is 12.6. The second-order valence-corrected chi connectivity index (χ2v) is 7.19. The van der Waals surface area contributed by atoms with Crippen LogP contribution in [0.2, 0.25) is 0 Å².